The first-order chi connectivity index (χ1) is 13.2. The number of anilines is 2. The van der Waals surface area contributed by atoms with Gasteiger partial charge in [-0.2, -0.15) is 0 Å². The van der Waals surface area contributed by atoms with Gasteiger partial charge in [0.25, 0.3) is 0 Å². The molecule has 1 aliphatic heterocycles. The summed E-state index contributed by atoms with van der Waals surface area (Å²) in [6.07, 6.45) is 1.80. The minimum absolute atomic E-state index is 0.158. The van der Waals surface area contributed by atoms with Gasteiger partial charge in [0.2, 0.25) is 0 Å². The van der Waals surface area contributed by atoms with E-state index >= 15 is 0 Å². The van der Waals surface area contributed by atoms with Gasteiger partial charge in [-0.1, -0.05) is 35.6 Å². The number of para-hydroxylation sites is 3. The number of ether oxygens (including phenoxy) is 1. The van der Waals surface area contributed by atoms with E-state index < -0.39 is 0 Å². The van der Waals surface area contributed by atoms with Gasteiger partial charge in [-0.05, 0) is 37.1 Å². The molecule has 2 N–H and O–H groups in total. The number of benzene rings is 2. The number of aromatic nitrogens is 1. The average molecular weight is 382 g/mol. The Kier molecular flexibility index (Phi) is 5.11. The SMILES string of the molecule is COc1ccccc1NC(=O)NC1CCN(c2nc3ccccc3s2)CC1. The first-order valence-corrected chi connectivity index (χ1v) is 9.85. The van der Waals surface area contributed by atoms with Gasteiger partial charge in [0.15, 0.2) is 5.13 Å². The molecule has 2 amide bonds. The quantitative estimate of drug-likeness (QED) is 0.713. The second kappa shape index (κ2) is 7.84. The third-order valence-corrected chi connectivity index (χ3v) is 5.84. The van der Waals surface area contributed by atoms with Crippen LogP contribution in [0, 0.1) is 0 Å². The highest BCUT2D eigenvalue weighted by molar-refractivity contribution is 7.22. The van der Waals surface area contributed by atoms with Crippen LogP contribution in [0.25, 0.3) is 10.2 Å². The van der Waals surface area contributed by atoms with Crippen molar-refractivity contribution < 1.29 is 9.53 Å². The normalized spacial score (nSPS) is 14.9. The molecule has 4 rings (SSSR count). The van der Waals surface area contributed by atoms with Crippen molar-refractivity contribution in [1.29, 1.82) is 0 Å². The molecular weight excluding hydrogens is 360 g/mol. The van der Waals surface area contributed by atoms with Crippen molar-refractivity contribution in [1.82, 2.24) is 10.3 Å². The molecule has 1 saturated heterocycles. The fourth-order valence-electron chi connectivity index (χ4n) is 3.30. The Labute approximate surface area is 162 Å². The number of carbonyl (C=O) groups excluding carboxylic acids is 1. The van der Waals surface area contributed by atoms with E-state index in [0.29, 0.717) is 11.4 Å². The summed E-state index contributed by atoms with van der Waals surface area (Å²) in [4.78, 5) is 19.4. The third-order valence-electron chi connectivity index (χ3n) is 4.74. The molecule has 0 spiro atoms. The Morgan fingerprint density at radius 2 is 1.89 bits per heavy atom. The van der Waals surface area contributed by atoms with Crippen molar-refractivity contribution >= 4 is 38.4 Å². The Balaban J connectivity index is 1.32. The first kappa shape index (κ1) is 17.6. The Hall–Kier alpha value is -2.80. The van der Waals surface area contributed by atoms with Gasteiger partial charge in [0.05, 0.1) is 23.0 Å². The van der Waals surface area contributed by atoms with Crippen LogP contribution >= 0.6 is 11.3 Å². The van der Waals surface area contributed by atoms with E-state index in [1.54, 1.807) is 18.4 Å². The van der Waals surface area contributed by atoms with Crippen molar-refractivity contribution in [3.05, 3.63) is 48.5 Å². The topological polar surface area (TPSA) is 66.5 Å². The number of piperidine rings is 1. The van der Waals surface area contributed by atoms with Gasteiger partial charge in [-0.3, -0.25) is 0 Å². The first-order valence-electron chi connectivity index (χ1n) is 9.04. The lowest BCUT2D eigenvalue weighted by Gasteiger charge is -2.32. The molecular formula is C20H22N4O2S. The highest BCUT2D eigenvalue weighted by atomic mass is 32.1. The predicted octanol–water partition coefficient (Wildman–Crippen LogP) is 4.10. The highest BCUT2D eigenvalue weighted by Gasteiger charge is 2.23. The average Bonchev–Trinajstić information content (AvgIpc) is 3.13. The summed E-state index contributed by atoms with van der Waals surface area (Å²) >= 11 is 1.73. The minimum atomic E-state index is -0.196. The van der Waals surface area contributed by atoms with Crippen LogP contribution in [0.2, 0.25) is 0 Å². The summed E-state index contributed by atoms with van der Waals surface area (Å²) in [5.74, 6) is 0.651. The third kappa shape index (κ3) is 3.98. The largest absolute Gasteiger partial charge is 0.495 e. The molecule has 140 valence electrons. The van der Waals surface area contributed by atoms with Crippen LogP contribution in [-0.2, 0) is 0 Å². The van der Waals surface area contributed by atoms with E-state index in [1.807, 2.05) is 42.5 Å². The maximum atomic E-state index is 12.3. The molecule has 27 heavy (non-hydrogen) atoms. The van der Waals surface area contributed by atoms with Gasteiger partial charge in [0, 0.05) is 19.1 Å². The van der Waals surface area contributed by atoms with Crippen LogP contribution in [0.1, 0.15) is 12.8 Å². The maximum Gasteiger partial charge on any atom is 0.319 e. The molecule has 7 heteroatoms. The molecule has 1 aliphatic rings. The van der Waals surface area contributed by atoms with Crippen LogP contribution in [0.4, 0.5) is 15.6 Å². The predicted molar refractivity (Wildman–Crippen MR) is 110 cm³/mol. The summed E-state index contributed by atoms with van der Waals surface area (Å²) in [5.41, 5.74) is 1.72. The number of urea groups is 1. The molecule has 0 atom stereocenters. The second-order valence-corrected chi connectivity index (χ2v) is 7.53. The number of carbonyl (C=O) groups is 1. The van der Waals surface area contributed by atoms with Gasteiger partial charge in [-0.25, -0.2) is 9.78 Å². The second-order valence-electron chi connectivity index (χ2n) is 6.52. The highest BCUT2D eigenvalue weighted by Crippen LogP contribution is 2.30. The molecule has 1 fully saturated rings. The number of amides is 2. The fourth-order valence-corrected chi connectivity index (χ4v) is 4.32. The molecule has 2 aromatic carbocycles. The number of fused-ring (bicyclic) bond motifs is 1. The molecule has 1 aromatic heterocycles. The van der Waals surface area contributed by atoms with E-state index in [9.17, 15) is 4.79 Å². The summed E-state index contributed by atoms with van der Waals surface area (Å²) < 4.78 is 6.48. The molecule has 2 heterocycles. The van der Waals surface area contributed by atoms with Gasteiger partial charge in [0.1, 0.15) is 5.75 Å². The van der Waals surface area contributed by atoms with Gasteiger partial charge < -0.3 is 20.3 Å². The Morgan fingerprint density at radius 3 is 2.67 bits per heavy atom. The van der Waals surface area contributed by atoms with E-state index in [2.05, 4.69) is 21.6 Å². The van der Waals surface area contributed by atoms with Crippen LogP contribution in [0.5, 0.6) is 5.75 Å². The standard InChI is InChI=1S/C20H22N4O2S/c1-26-17-8-4-2-6-15(17)22-19(25)21-14-10-12-24(13-11-14)20-23-16-7-3-5-9-18(16)27-20/h2-9,14H,10-13H2,1H3,(H2,21,22,25). The van der Waals surface area contributed by atoms with Crippen molar-refractivity contribution in [2.45, 2.75) is 18.9 Å². The molecule has 3 aromatic rings. The lowest BCUT2D eigenvalue weighted by molar-refractivity contribution is 0.246. The molecule has 6 nitrogen and oxygen atoms in total. The number of hydrogen-bond acceptors (Lipinski definition) is 5. The zero-order chi connectivity index (χ0) is 18.6. The van der Waals surface area contributed by atoms with Crippen molar-refractivity contribution in [2.75, 3.05) is 30.4 Å². The van der Waals surface area contributed by atoms with Crippen LogP contribution < -0.4 is 20.3 Å². The monoisotopic (exact) mass is 382 g/mol. The van der Waals surface area contributed by atoms with E-state index in [0.717, 1.165) is 36.6 Å². The number of methoxy groups -OCH3 is 1. The minimum Gasteiger partial charge on any atom is -0.495 e. The molecule has 0 unspecified atom stereocenters. The van der Waals surface area contributed by atoms with Crippen LogP contribution in [0.3, 0.4) is 0 Å². The fraction of sp³-hybridized carbons (Fsp3) is 0.300. The Bertz CT molecular complexity index is 901. The van der Waals surface area contributed by atoms with Gasteiger partial charge >= 0.3 is 6.03 Å². The summed E-state index contributed by atoms with van der Waals surface area (Å²) in [6.45, 7) is 1.78. The molecule has 0 saturated carbocycles. The summed E-state index contributed by atoms with van der Waals surface area (Å²) in [7, 11) is 1.59. The van der Waals surface area contributed by atoms with Gasteiger partial charge in [-0.15, -0.1) is 0 Å². The summed E-state index contributed by atoms with van der Waals surface area (Å²) in [5, 5.41) is 7.00. The zero-order valence-corrected chi connectivity index (χ0v) is 16.0. The Morgan fingerprint density at radius 1 is 1.15 bits per heavy atom. The number of thiazole rings is 1. The van der Waals surface area contributed by atoms with Crippen LogP contribution in [-0.4, -0.2) is 37.3 Å². The number of nitrogens with one attached hydrogen (secondary N) is 2. The number of nitrogens with zero attached hydrogens (tertiary/aromatic N) is 2. The lowest BCUT2D eigenvalue weighted by atomic mass is 10.1. The van der Waals surface area contributed by atoms with E-state index in [4.69, 9.17) is 9.72 Å². The van der Waals surface area contributed by atoms with E-state index in [1.165, 1.54) is 4.70 Å². The smallest absolute Gasteiger partial charge is 0.319 e. The molecule has 0 radical (unpaired) electrons. The molecule has 0 bridgehead atoms. The van der Waals surface area contributed by atoms with Crippen molar-refractivity contribution in [2.24, 2.45) is 0 Å². The van der Waals surface area contributed by atoms with E-state index in [-0.39, 0.29) is 12.1 Å². The maximum absolute atomic E-state index is 12.3. The number of hydrogen-bond donors (Lipinski definition) is 2. The summed E-state index contributed by atoms with van der Waals surface area (Å²) in [6, 6.07) is 15.6. The van der Waals surface area contributed by atoms with Crippen molar-refractivity contribution in [3.8, 4) is 5.75 Å². The number of rotatable bonds is 4. The zero-order valence-electron chi connectivity index (χ0n) is 15.1. The lowest BCUT2D eigenvalue weighted by Crippen LogP contribution is -2.46. The molecule has 0 aliphatic carbocycles. The van der Waals surface area contributed by atoms with Crippen molar-refractivity contribution in [3.63, 3.8) is 0 Å². The van der Waals surface area contributed by atoms with Crippen LogP contribution in [0.15, 0.2) is 48.5 Å².